The van der Waals surface area contributed by atoms with Gasteiger partial charge in [0.05, 0.1) is 10.0 Å². The van der Waals surface area contributed by atoms with Crippen molar-refractivity contribution >= 4 is 40.9 Å². The van der Waals surface area contributed by atoms with Crippen LogP contribution < -0.4 is 4.74 Å². The molecule has 0 radical (unpaired) electrons. The molecule has 0 aliphatic carbocycles. The largest absolute Gasteiger partial charge is 0.489 e. The first kappa shape index (κ1) is 20.1. The Morgan fingerprint density at radius 2 is 1.76 bits per heavy atom. The lowest BCUT2D eigenvalue weighted by Crippen LogP contribution is -2.30. The molecule has 1 atom stereocenters. The van der Waals surface area contributed by atoms with Crippen molar-refractivity contribution in [2.24, 2.45) is 0 Å². The molecule has 6 heteroatoms. The van der Waals surface area contributed by atoms with E-state index >= 15 is 0 Å². The Bertz CT molecular complexity index is 996. The number of ether oxygens (including phenoxy) is 1. The Morgan fingerprint density at radius 1 is 1.00 bits per heavy atom. The second-order valence-corrected chi connectivity index (χ2v) is 8.70. The highest BCUT2D eigenvalue weighted by Gasteiger charge is 2.31. The third-order valence-corrected chi connectivity index (χ3v) is 6.73. The summed E-state index contributed by atoms with van der Waals surface area (Å²) in [5, 5.41) is 0.808. The predicted molar refractivity (Wildman–Crippen MR) is 120 cm³/mol. The highest BCUT2D eigenvalue weighted by atomic mass is 35.5. The van der Waals surface area contributed by atoms with Gasteiger partial charge in [-0.2, -0.15) is 0 Å². The molecule has 1 amide bonds. The summed E-state index contributed by atoms with van der Waals surface area (Å²) in [6.45, 7) is 1.22. The minimum Gasteiger partial charge on any atom is -0.489 e. The van der Waals surface area contributed by atoms with Gasteiger partial charge < -0.3 is 9.64 Å². The highest BCUT2D eigenvalue weighted by Crippen LogP contribution is 2.39. The van der Waals surface area contributed by atoms with Gasteiger partial charge in [-0.25, -0.2) is 0 Å². The van der Waals surface area contributed by atoms with Crippen LogP contribution in [0.1, 0.15) is 26.9 Å². The van der Waals surface area contributed by atoms with Crippen molar-refractivity contribution in [2.75, 3.05) is 12.3 Å². The third kappa shape index (κ3) is 4.72. The summed E-state index contributed by atoms with van der Waals surface area (Å²) in [6.07, 6.45) is 0. The molecule has 0 spiro atoms. The summed E-state index contributed by atoms with van der Waals surface area (Å²) in [4.78, 5) is 14.9. The number of hydrogen-bond donors (Lipinski definition) is 0. The van der Waals surface area contributed by atoms with Gasteiger partial charge in [0.1, 0.15) is 17.7 Å². The second-order valence-electron chi connectivity index (χ2n) is 6.69. The number of carbonyl (C=O) groups is 1. The number of carbonyl (C=O) groups excluding carboxylic acids is 1. The Labute approximate surface area is 184 Å². The fourth-order valence-corrected chi connectivity index (χ4v) is 4.77. The zero-order chi connectivity index (χ0) is 20.2. The van der Waals surface area contributed by atoms with Crippen LogP contribution in [0.15, 0.2) is 72.8 Å². The Hall–Kier alpha value is -2.14. The van der Waals surface area contributed by atoms with Crippen molar-refractivity contribution in [1.29, 1.82) is 0 Å². The minimum atomic E-state index is -0.0389. The molecule has 0 N–H and O–H groups in total. The average Bonchev–Trinajstić information content (AvgIpc) is 3.25. The van der Waals surface area contributed by atoms with E-state index in [1.165, 1.54) is 0 Å². The van der Waals surface area contributed by atoms with Gasteiger partial charge in [0.25, 0.3) is 5.91 Å². The van der Waals surface area contributed by atoms with E-state index in [9.17, 15) is 4.79 Å². The number of nitrogens with zero attached hydrogens (tertiary/aromatic N) is 1. The van der Waals surface area contributed by atoms with E-state index in [2.05, 4.69) is 0 Å². The number of rotatable bonds is 5. The quantitative estimate of drug-likeness (QED) is 0.452. The Kier molecular flexibility index (Phi) is 6.34. The van der Waals surface area contributed by atoms with Crippen LogP contribution in [-0.2, 0) is 6.61 Å². The Morgan fingerprint density at radius 3 is 2.48 bits per heavy atom. The first-order valence-electron chi connectivity index (χ1n) is 9.26. The van der Waals surface area contributed by atoms with E-state index in [1.807, 2.05) is 59.5 Å². The van der Waals surface area contributed by atoms with Crippen molar-refractivity contribution in [1.82, 2.24) is 4.90 Å². The van der Waals surface area contributed by atoms with Crippen LogP contribution in [0.3, 0.4) is 0 Å². The van der Waals surface area contributed by atoms with Gasteiger partial charge in [-0.3, -0.25) is 4.79 Å². The first-order valence-corrected chi connectivity index (χ1v) is 11.1. The van der Waals surface area contributed by atoms with Crippen molar-refractivity contribution in [2.45, 2.75) is 12.0 Å². The molecule has 0 aromatic heterocycles. The van der Waals surface area contributed by atoms with Gasteiger partial charge in [-0.15, -0.1) is 11.8 Å². The van der Waals surface area contributed by atoms with Gasteiger partial charge >= 0.3 is 0 Å². The number of hydrogen-bond acceptors (Lipinski definition) is 3. The predicted octanol–water partition coefficient (Wildman–Crippen LogP) is 6.46. The maximum Gasteiger partial charge on any atom is 0.255 e. The van der Waals surface area contributed by atoms with E-state index < -0.39 is 0 Å². The molecule has 1 unspecified atom stereocenters. The molecule has 3 nitrogen and oxygen atoms in total. The van der Waals surface area contributed by atoms with Gasteiger partial charge in [0.15, 0.2) is 0 Å². The molecule has 29 heavy (non-hydrogen) atoms. The highest BCUT2D eigenvalue weighted by molar-refractivity contribution is 7.99. The topological polar surface area (TPSA) is 29.5 Å². The summed E-state index contributed by atoms with van der Waals surface area (Å²) < 4.78 is 5.86. The minimum absolute atomic E-state index is 0.0277. The monoisotopic (exact) mass is 443 g/mol. The van der Waals surface area contributed by atoms with Crippen LogP contribution in [0.25, 0.3) is 0 Å². The van der Waals surface area contributed by atoms with E-state index in [0.717, 1.165) is 22.6 Å². The van der Waals surface area contributed by atoms with Gasteiger partial charge in [-0.1, -0.05) is 65.7 Å². The lowest BCUT2D eigenvalue weighted by atomic mass is 10.1. The molecule has 1 heterocycles. The number of benzene rings is 3. The molecule has 4 rings (SSSR count). The standard InChI is InChI=1S/C23H19Cl2NO2S/c24-20-11-8-18(14-21(20)25)22(27)26-12-13-29-23(26)17-6-9-19(10-7-17)28-15-16-4-2-1-3-5-16/h1-11,14,23H,12-13,15H2. The smallest absolute Gasteiger partial charge is 0.255 e. The zero-order valence-corrected chi connectivity index (χ0v) is 17.9. The summed E-state index contributed by atoms with van der Waals surface area (Å²) >= 11 is 13.8. The summed E-state index contributed by atoms with van der Waals surface area (Å²) in [5.41, 5.74) is 2.75. The van der Waals surface area contributed by atoms with Crippen LogP contribution in [-0.4, -0.2) is 23.1 Å². The van der Waals surface area contributed by atoms with Crippen LogP contribution >= 0.6 is 35.0 Å². The van der Waals surface area contributed by atoms with E-state index in [0.29, 0.717) is 28.8 Å². The lowest BCUT2D eigenvalue weighted by molar-refractivity contribution is 0.0760. The summed E-state index contributed by atoms with van der Waals surface area (Å²) in [6, 6.07) is 23.0. The van der Waals surface area contributed by atoms with Gasteiger partial charge in [0.2, 0.25) is 0 Å². The molecule has 0 bridgehead atoms. The van der Waals surface area contributed by atoms with Crippen LogP contribution in [0.5, 0.6) is 5.75 Å². The SMILES string of the molecule is O=C(c1ccc(Cl)c(Cl)c1)N1CCSC1c1ccc(OCc2ccccc2)cc1. The normalized spacial score (nSPS) is 16.1. The number of halogens is 2. The van der Waals surface area contributed by atoms with Gasteiger partial charge in [0, 0.05) is 17.9 Å². The molecule has 148 valence electrons. The fourth-order valence-electron chi connectivity index (χ4n) is 3.22. The van der Waals surface area contributed by atoms with Crippen LogP contribution in [0.4, 0.5) is 0 Å². The van der Waals surface area contributed by atoms with Crippen LogP contribution in [0, 0.1) is 0 Å². The van der Waals surface area contributed by atoms with Crippen LogP contribution in [0.2, 0.25) is 10.0 Å². The molecule has 1 fully saturated rings. The first-order chi connectivity index (χ1) is 14.1. The van der Waals surface area contributed by atoms with E-state index in [4.69, 9.17) is 27.9 Å². The molecule has 1 aliphatic rings. The molecular formula is C23H19Cl2NO2S. The molecule has 1 saturated heterocycles. The molecule has 0 saturated carbocycles. The number of thioether (sulfide) groups is 1. The van der Waals surface area contributed by atoms with Crippen molar-refractivity contribution in [3.05, 3.63) is 99.5 Å². The van der Waals surface area contributed by atoms with E-state index in [1.54, 1.807) is 30.0 Å². The van der Waals surface area contributed by atoms with Crippen molar-refractivity contribution < 1.29 is 9.53 Å². The zero-order valence-electron chi connectivity index (χ0n) is 15.6. The maximum atomic E-state index is 13.0. The maximum absolute atomic E-state index is 13.0. The fraction of sp³-hybridized carbons (Fsp3) is 0.174. The molecular weight excluding hydrogens is 425 g/mol. The third-order valence-electron chi connectivity index (χ3n) is 4.73. The van der Waals surface area contributed by atoms with Crippen molar-refractivity contribution in [3.63, 3.8) is 0 Å². The lowest BCUT2D eigenvalue weighted by Gasteiger charge is -2.24. The molecule has 3 aromatic carbocycles. The summed E-state index contributed by atoms with van der Waals surface area (Å²) in [7, 11) is 0. The molecule has 1 aliphatic heterocycles. The number of amides is 1. The van der Waals surface area contributed by atoms with E-state index in [-0.39, 0.29) is 11.3 Å². The Balaban J connectivity index is 1.45. The molecule has 3 aromatic rings. The second kappa shape index (κ2) is 9.12. The van der Waals surface area contributed by atoms with Gasteiger partial charge in [-0.05, 0) is 41.5 Å². The summed E-state index contributed by atoms with van der Waals surface area (Å²) in [5.74, 6) is 1.66. The van der Waals surface area contributed by atoms with Crippen molar-refractivity contribution in [3.8, 4) is 5.75 Å². The average molecular weight is 444 g/mol.